The Morgan fingerprint density at radius 3 is 1.95 bits per heavy atom. The quantitative estimate of drug-likeness (QED) is 0.293. The number of esters is 2. The zero-order valence-corrected chi connectivity index (χ0v) is 21.1. The molecule has 0 aliphatic rings. The monoisotopic (exact) mass is 518 g/mol. The molecule has 0 spiro atoms. The number of nitrogens with one attached hydrogen (secondary N) is 2. The largest absolute Gasteiger partial charge is 0.462 e. The second-order valence-electron chi connectivity index (χ2n) is 8.26. The van der Waals surface area contributed by atoms with Gasteiger partial charge in [0.15, 0.2) is 6.61 Å². The van der Waals surface area contributed by atoms with E-state index in [9.17, 15) is 19.2 Å². The van der Waals surface area contributed by atoms with Crippen LogP contribution in [-0.4, -0.2) is 37.0 Å². The molecule has 2 N–H and O–H groups in total. The van der Waals surface area contributed by atoms with Crippen molar-refractivity contribution in [2.45, 2.75) is 32.6 Å². The predicted molar refractivity (Wildman–Crippen MR) is 142 cm³/mol. The molecule has 3 rings (SSSR count). The number of amides is 2. The van der Waals surface area contributed by atoms with Gasteiger partial charge >= 0.3 is 11.9 Å². The first kappa shape index (κ1) is 27.9. The summed E-state index contributed by atoms with van der Waals surface area (Å²) in [7, 11) is 0. The number of anilines is 2. The van der Waals surface area contributed by atoms with Crippen LogP contribution in [0.25, 0.3) is 0 Å². The predicted octanol–water partition coefficient (Wildman–Crippen LogP) is 5.34. The van der Waals surface area contributed by atoms with E-state index in [1.807, 2.05) is 37.3 Å². The third-order valence-electron chi connectivity index (χ3n) is 5.11. The molecule has 0 atom stereocenters. The van der Waals surface area contributed by atoms with E-state index >= 15 is 0 Å². The molecule has 0 aliphatic heterocycles. The average molecular weight is 519 g/mol. The Hall–Kier alpha value is -4.66. The maximum Gasteiger partial charge on any atom is 0.338 e. The Bertz CT molecular complexity index is 1210. The van der Waals surface area contributed by atoms with Crippen molar-refractivity contribution >= 4 is 35.1 Å². The molecule has 38 heavy (non-hydrogen) atoms. The summed E-state index contributed by atoms with van der Waals surface area (Å²) >= 11 is 0. The molecule has 0 aliphatic carbocycles. The minimum absolute atomic E-state index is 0.00553. The van der Waals surface area contributed by atoms with Gasteiger partial charge in [0.2, 0.25) is 5.91 Å². The van der Waals surface area contributed by atoms with Gasteiger partial charge in [-0.15, -0.1) is 0 Å². The van der Waals surface area contributed by atoms with Gasteiger partial charge in [0.25, 0.3) is 5.91 Å². The first-order valence-electron chi connectivity index (χ1n) is 12.3. The smallest absolute Gasteiger partial charge is 0.338 e. The summed E-state index contributed by atoms with van der Waals surface area (Å²) < 4.78 is 15.8. The normalized spacial score (nSPS) is 10.2. The average Bonchev–Trinajstić information content (AvgIpc) is 2.92. The Morgan fingerprint density at radius 1 is 0.684 bits per heavy atom. The minimum Gasteiger partial charge on any atom is -0.462 e. The summed E-state index contributed by atoms with van der Waals surface area (Å²) in [5.41, 5.74) is 1.47. The van der Waals surface area contributed by atoms with Gasteiger partial charge in [-0.1, -0.05) is 25.1 Å². The topological polar surface area (TPSA) is 120 Å². The first-order chi connectivity index (χ1) is 18.4. The lowest BCUT2D eigenvalue weighted by Crippen LogP contribution is -2.21. The number of ether oxygens (including phenoxy) is 3. The van der Waals surface area contributed by atoms with Crippen LogP contribution in [0.15, 0.2) is 78.9 Å². The molecule has 0 heterocycles. The van der Waals surface area contributed by atoms with Crippen LogP contribution in [0.4, 0.5) is 11.4 Å². The van der Waals surface area contributed by atoms with Gasteiger partial charge in [0.05, 0.1) is 12.2 Å². The van der Waals surface area contributed by atoms with Crippen LogP contribution < -0.4 is 15.4 Å². The number of hydrogen-bond donors (Lipinski definition) is 2. The Labute approximate surface area is 221 Å². The molecule has 0 fully saturated rings. The van der Waals surface area contributed by atoms with Crippen LogP contribution in [0, 0.1) is 0 Å². The summed E-state index contributed by atoms with van der Waals surface area (Å²) in [4.78, 5) is 48.0. The van der Waals surface area contributed by atoms with E-state index in [4.69, 9.17) is 14.2 Å². The van der Waals surface area contributed by atoms with Gasteiger partial charge in [0.1, 0.15) is 11.5 Å². The van der Waals surface area contributed by atoms with Crippen LogP contribution in [0.5, 0.6) is 11.5 Å². The highest BCUT2D eigenvalue weighted by Gasteiger charge is 2.11. The molecule has 0 unspecified atom stereocenters. The maximum atomic E-state index is 12.1. The molecule has 3 aromatic rings. The molecule has 0 saturated carbocycles. The number of carbonyl (C=O) groups is 4. The SMILES string of the molecule is CCCOC(=O)c1ccc(NC(=O)CCCC(=O)OCC(=O)Nc2ccc(Oc3ccccc3)cc2)cc1. The lowest BCUT2D eigenvalue weighted by Gasteiger charge is -2.09. The van der Waals surface area contributed by atoms with Crippen molar-refractivity contribution in [3.63, 3.8) is 0 Å². The molecule has 9 heteroatoms. The van der Waals surface area contributed by atoms with Crippen molar-refractivity contribution in [1.82, 2.24) is 0 Å². The van der Waals surface area contributed by atoms with Crippen molar-refractivity contribution in [2.24, 2.45) is 0 Å². The molecule has 0 saturated heterocycles. The van der Waals surface area contributed by atoms with Crippen molar-refractivity contribution in [1.29, 1.82) is 0 Å². The Balaban J connectivity index is 1.30. The maximum absolute atomic E-state index is 12.1. The van der Waals surface area contributed by atoms with Crippen molar-refractivity contribution in [3.05, 3.63) is 84.4 Å². The summed E-state index contributed by atoms with van der Waals surface area (Å²) in [5, 5.41) is 5.35. The Morgan fingerprint density at radius 2 is 1.29 bits per heavy atom. The van der Waals surface area contributed by atoms with E-state index in [2.05, 4.69) is 10.6 Å². The van der Waals surface area contributed by atoms with Crippen LogP contribution in [0.1, 0.15) is 43.0 Å². The van der Waals surface area contributed by atoms with Crippen LogP contribution in [-0.2, 0) is 23.9 Å². The minimum atomic E-state index is -0.575. The third-order valence-corrected chi connectivity index (χ3v) is 5.11. The van der Waals surface area contributed by atoms with Crippen LogP contribution >= 0.6 is 0 Å². The number of carbonyl (C=O) groups excluding carboxylic acids is 4. The zero-order valence-electron chi connectivity index (χ0n) is 21.1. The number of para-hydroxylation sites is 1. The number of rotatable bonds is 13. The highest BCUT2D eigenvalue weighted by molar-refractivity contribution is 5.94. The Kier molecular flexibility index (Phi) is 10.9. The molecule has 198 valence electrons. The molecular formula is C29H30N2O7. The lowest BCUT2D eigenvalue weighted by atomic mass is 10.2. The standard InChI is InChI=1S/C29H30N2O7/c1-2-19-36-29(35)21-11-13-22(14-12-21)30-26(32)9-6-10-28(34)37-20-27(33)31-23-15-17-25(18-16-23)38-24-7-4-3-5-8-24/h3-5,7-8,11-18H,2,6,9-10,19-20H2,1H3,(H,30,32)(H,31,33). The highest BCUT2D eigenvalue weighted by atomic mass is 16.5. The van der Waals surface area contributed by atoms with Crippen LogP contribution in [0.3, 0.4) is 0 Å². The molecule has 0 bridgehead atoms. The molecule has 0 aromatic heterocycles. The summed E-state index contributed by atoms with van der Waals surface area (Å²) in [6, 6.07) is 22.5. The van der Waals surface area contributed by atoms with Crippen molar-refractivity contribution < 1.29 is 33.4 Å². The van der Waals surface area contributed by atoms with Crippen molar-refractivity contribution in [3.8, 4) is 11.5 Å². The summed E-state index contributed by atoms with van der Waals surface area (Å²) in [6.07, 6.45) is 1.09. The zero-order chi connectivity index (χ0) is 27.2. The lowest BCUT2D eigenvalue weighted by molar-refractivity contribution is -0.147. The van der Waals surface area contributed by atoms with Gasteiger partial charge < -0.3 is 24.8 Å². The molecule has 0 radical (unpaired) electrons. The van der Waals surface area contributed by atoms with Crippen molar-refractivity contribution in [2.75, 3.05) is 23.8 Å². The van der Waals surface area contributed by atoms with Gasteiger partial charge in [-0.05, 0) is 73.5 Å². The fourth-order valence-corrected chi connectivity index (χ4v) is 3.23. The third kappa shape index (κ3) is 9.77. The summed E-state index contributed by atoms with van der Waals surface area (Å²) in [6.45, 7) is 1.83. The van der Waals surface area contributed by atoms with Gasteiger partial charge in [-0.2, -0.15) is 0 Å². The fraction of sp³-hybridized carbons (Fsp3) is 0.241. The van der Waals surface area contributed by atoms with Gasteiger partial charge in [-0.25, -0.2) is 4.79 Å². The van der Waals surface area contributed by atoms with E-state index in [-0.39, 0.29) is 25.2 Å². The number of hydrogen-bond acceptors (Lipinski definition) is 7. The van der Waals surface area contributed by atoms with E-state index in [0.29, 0.717) is 35.0 Å². The van der Waals surface area contributed by atoms with E-state index in [1.165, 1.54) is 0 Å². The second kappa shape index (κ2) is 14.8. The van der Waals surface area contributed by atoms with Gasteiger partial charge in [-0.3, -0.25) is 14.4 Å². The second-order valence-corrected chi connectivity index (χ2v) is 8.26. The molecule has 3 aromatic carbocycles. The van der Waals surface area contributed by atoms with Gasteiger partial charge in [0, 0.05) is 24.2 Å². The molecule has 9 nitrogen and oxygen atoms in total. The van der Waals surface area contributed by atoms with E-state index in [1.54, 1.807) is 48.5 Å². The number of benzene rings is 3. The van der Waals surface area contributed by atoms with Crippen LogP contribution in [0.2, 0.25) is 0 Å². The molecular weight excluding hydrogens is 488 g/mol. The first-order valence-corrected chi connectivity index (χ1v) is 12.3. The van der Waals surface area contributed by atoms with E-state index in [0.717, 1.165) is 6.42 Å². The highest BCUT2D eigenvalue weighted by Crippen LogP contribution is 2.22. The molecule has 2 amide bonds. The van der Waals surface area contributed by atoms with E-state index < -0.39 is 24.5 Å². The fourth-order valence-electron chi connectivity index (χ4n) is 3.23. The summed E-state index contributed by atoms with van der Waals surface area (Å²) in [5.74, 6) is -0.424.